The average Bonchev–Trinajstić information content (AvgIpc) is 2.37. The van der Waals surface area contributed by atoms with Gasteiger partial charge in [0, 0.05) is 0 Å². The van der Waals surface area contributed by atoms with E-state index in [0.29, 0.717) is 5.75 Å². The number of aromatic hydroxyl groups is 1. The Balaban J connectivity index is 0.000000626. The lowest BCUT2D eigenvalue weighted by Gasteiger charge is -2.27. The summed E-state index contributed by atoms with van der Waals surface area (Å²) < 4.78 is 0. The molecule has 0 aliphatic carbocycles. The molecule has 0 aromatic heterocycles. The molecule has 0 aliphatic heterocycles. The van der Waals surface area contributed by atoms with Crippen LogP contribution in [0, 0.1) is 6.92 Å². The first-order valence-electron chi connectivity index (χ1n) is 8.49. The Labute approximate surface area is 138 Å². The number of unbranched alkanes of at least 4 members (excludes halogenated alkanes) is 2. The van der Waals surface area contributed by atoms with Gasteiger partial charge in [-0.2, -0.15) is 0 Å². The van der Waals surface area contributed by atoms with E-state index in [2.05, 4.69) is 67.5 Å². The summed E-state index contributed by atoms with van der Waals surface area (Å²) in [4.78, 5) is 0. The van der Waals surface area contributed by atoms with Gasteiger partial charge in [-0.05, 0) is 41.8 Å². The summed E-state index contributed by atoms with van der Waals surface area (Å²) in [5.41, 5.74) is 8.47. The number of phenols is 1. The normalized spacial score (nSPS) is 11.9. The van der Waals surface area contributed by atoms with Gasteiger partial charge in [0.15, 0.2) is 0 Å². The number of benzene rings is 1. The molecule has 0 saturated carbocycles. The van der Waals surface area contributed by atoms with Crippen LogP contribution in [-0.2, 0) is 10.8 Å². The van der Waals surface area contributed by atoms with Gasteiger partial charge in [0.25, 0.3) is 0 Å². The molecule has 1 rings (SSSR count). The van der Waals surface area contributed by atoms with Crippen molar-refractivity contribution in [2.75, 3.05) is 6.54 Å². The SMILES string of the molecule is CCCCCN.Cc1cc(C(C)(C)C)c(O)c(C(C)(C)C)c1. The van der Waals surface area contributed by atoms with Crippen LogP contribution in [0.4, 0.5) is 0 Å². The molecule has 0 amide bonds. The van der Waals surface area contributed by atoms with Crippen molar-refractivity contribution < 1.29 is 5.11 Å². The Hall–Kier alpha value is -1.02. The van der Waals surface area contributed by atoms with Gasteiger partial charge in [0.2, 0.25) is 0 Å². The fraction of sp³-hybridized carbons (Fsp3) is 0.700. The summed E-state index contributed by atoms with van der Waals surface area (Å²) in [6.45, 7) is 17.9. The lowest BCUT2D eigenvalue weighted by Crippen LogP contribution is -2.17. The molecule has 0 atom stereocenters. The highest BCUT2D eigenvalue weighted by Gasteiger charge is 2.25. The van der Waals surface area contributed by atoms with Crippen LogP contribution in [0.2, 0.25) is 0 Å². The van der Waals surface area contributed by atoms with Gasteiger partial charge < -0.3 is 10.8 Å². The van der Waals surface area contributed by atoms with Gasteiger partial charge in [-0.25, -0.2) is 0 Å². The number of hydrogen-bond donors (Lipinski definition) is 2. The van der Waals surface area contributed by atoms with E-state index in [1.165, 1.54) is 24.8 Å². The molecule has 0 radical (unpaired) electrons. The van der Waals surface area contributed by atoms with Crippen LogP contribution in [0.15, 0.2) is 12.1 Å². The van der Waals surface area contributed by atoms with Crippen molar-refractivity contribution in [1.29, 1.82) is 0 Å². The molecule has 0 saturated heterocycles. The van der Waals surface area contributed by atoms with Gasteiger partial charge in [-0.15, -0.1) is 0 Å². The van der Waals surface area contributed by atoms with Crippen LogP contribution in [-0.4, -0.2) is 11.7 Å². The fourth-order valence-corrected chi connectivity index (χ4v) is 2.32. The third-order valence-corrected chi connectivity index (χ3v) is 3.68. The third kappa shape index (κ3) is 6.83. The number of hydrogen-bond acceptors (Lipinski definition) is 2. The molecule has 0 aliphatic rings. The zero-order valence-corrected chi connectivity index (χ0v) is 16.0. The minimum atomic E-state index is -0.0178. The van der Waals surface area contributed by atoms with Crippen LogP contribution in [0.25, 0.3) is 0 Å². The fourth-order valence-electron chi connectivity index (χ4n) is 2.32. The topological polar surface area (TPSA) is 46.2 Å². The van der Waals surface area contributed by atoms with Crippen molar-refractivity contribution in [3.05, 3.63) is 28.8 Å². The van der Waals surface area contributed by atoms with E-state index in [1.54, 1.807) is 0 Å². The van der Waals surface area contributed by atoms with E-state index in [4.69, 9.17) is 5.73 Å². The van der Waals surface area contributed by atoms with Gasteiger partial charge in [-0.1, -0.05) is 79.0 Å². The Morgan fingerprint density at radius 2 is 1.32 bits per heavy atom. The average molecular weight is 308 g/mol. The van der Waals surface area contributed by atoms with E-state index in [1.807, 2.05) is 0 Å². The first-order valence-corrected chi connectivity index (χ1v) is 8.49. The van der Waals surface area contributed by atoms with Crippen molar-refractivity contribution in [2.45, 2.75) is 85.5 Å². The standard InChI is InChI=1S/C15H24O.C5H13N/c1-10-8-11(14(2,3)4)13(16)12(9-10)15(5,6)7;1-2-3-4-5-6/h8-9,16H,1-7H3;2-6H2,1H3. The van der Waals surface area contributed by atoms with Gasteiger partial charge in [0.1, 0.15) is 5.75 Å². The lowest BCUT2D eigenvalue weighted by atomic mass is 9.78. The monoisotopic (exact) mass is 307 g/mol. The summed E-state index contributed by atoms with van der Waals surface area (Å²) in [7, 11) is 0. The second kappa shape index (κ2) is 8.57. The Bertz CT molecular complexity index is 411. The summed E-state index contributed by atoms with van der Waals surface area (Å²) in [6.07, 6.45) is 3.75. The molecule has 0 fully saturated rings. The summed E-state index contributed by atoms with van der Waals surface area (Å²) >= 11 is 0. The molecular formula is C20H37NO. The smallest absolute Gasteiger partial charge is 0.123 e. The minimum Gasteiger partial charge on any atom is -0.507 e. The lowest BCUT2D eigenvalue weighted by molar-refractivity contribution is 0.423. The van der Waals surface area contributed by atoms with Crippen molar-refractivity contribution in [3.8, 4) is 5.75 Å². The number of phenolic OH excluding ortho intramolecular Hbond substituents is 1. The van der Waals surface area contributed by atoms with Crippen LogP contribution in [0.5, 0.6) is 5.75 Å². The van der Waals surface area contributed by atoms with Gasteiger partial charge in [0.05, 0.1) is 0 Å². The molecule has 1 aromatic carbocycles. The second-order valence-corrected chi connectivity index (χ2v) is 8.20. The quantitative estimate of drug-likeness (QED) is 0.731. The molecular weight excluding hydrogens is 270 g/mol. The van der Waals surface area contributed by atoms with Crippen LogP contribution in [0.3, 0.4) is 0 Å². The van der Waals surface area contributed by atoms with E-state index in [9.17, 15) is 5.11 Å². The molecule has 2 nitrogen and oxygen atoms in total. The first-order chi connectivity index (χ1) is 9.95. The molecule has 0 heterocycles. The van der Waals surface area contributed by atoms with E-state index < -0.39 is 0 Å². The van der Waals surface area contributed by atoms with Crippen LogP contribution in [0.1, 0.15) is 84.4 Å². The maximum absolute atomic E-state index is 10.4. The minimum absolute atomic E-state index is 0.0178. The van der Waals surface area contributed by atoms with Crippen molar-refractivity contribution in [1.82, 2.24) is 0 Å². The zero-order chi connectivity index (χ0) is 17.6. The van der Waals surface area contributed by atoms with E-state index >= 15 is 0 Å². The Kier molecular flexibility index (Phi) is 8.17. The number of rotatable bonds is 3. The first kappa shape index (κ1) is 21.0. The van der Waals surface area contributed by atoms with E-state index in [0.717, 1.165) is 17.7 Å². The molecule has 0 spiro atoms. The summed E-state index contributed by atoms with van der Waals surface area (Å²) in [5.74, 6) is 0.464. The summed E-state index contributed by atoms with van der Waals surface area (Å²) in [6, 6.07) is 4.18. The van der Waals surface area contributed by atoms with Gasteiger partial charge >= 0.3 is 0 Å². The number of nitrogens with two attached hydrogens (primary N) is 1. The Morgan fingerprint density at radius 3 is 1.55 bits per heavy atom. The zero-order valence-electron chi connectivity index (χ0n) is 16.0. The molecule has 22 heavy (non-hydrogen) atoms. The second-order valence-electron chi connectivity index (χ2n) is 8.20. The maximum Gasteiger partial charge on any atom is 0.123 e. The Morgan fingerprint density at radius 1 is 0.909 bits per heavy atom. The highest BCUT2D eigenvalue weighted by atomic mass is 16.3. The van der Waals surface area contributed by atoms with E-state index in [-0.39, 0.29) is 10.8 Å². The molecule has 2 heteroatoms. The largest absolute Gasteiger partial charge is 0.507 e. The van der Waals surface area contributed by atoms with Crippen molar-refractivity contribution >= 4 is 0 Å². The predicted molar refractivity (Wildman–Crippen MR) is 98.8 cm³/mol. The van der Waals surface area contributed by atoms with Gasteiger partial charge in [-0.3, -0.25) is 0 Å². The van der Waals surface area contributed by atoms with Crippen LogP contribution >= 0.6 is 0 Å². The molecule has 0 bridgehead atoms. The van der Waals surface area contributed by atoms with Crippen molar-refractivity contribution in [2.24, 2.45) is 5.73 Å². The molecule has 1 aromatic rings. The predicted octanol–water partition coefficient (Wildman–Crippen LogP) is 5.43. The molecule has 128 valence electrons. The van der Waals surface area contributed by atoms with Crippen LogP contribution < -0.4 is 5.73 Å². The molecule has 3 N–H and O–H groups in total. The molecule has 0 unspecified atom stereocenters. The van der Waals surface area contributed by atoms with Crippen molar-refractivity contribution in [3.63, 3.8) is 0 Å². The third-order valence-electron chi connectivity index (χ3n) is 3.68. The summed E-state index contributed by atoms with van der Waals surface area (Å²) in [5, 5.41) is 10.4. The highest BCUT2D eigenvalue weighted by Crippen LogP contribution is 2.39. The maximum atomic E-state index is 10.4. The number of aryl methyl sites for hydroxylation is 1. The highest BCUT2D eigenvalue weighted by molar-refractivity contribution is 5.49.